The molecule has 2 heterocycles. The van der Waals surface area contributed by atoms with Crippen molar-refractivity contribution in [2.75, 3.05) is 30.9 Å². The fraction of sp³-hybridized carbons (Fsp3) is 0.385. The predicted octanol–water partition coefficient (Wildman–Crippen LogP) is 5.70. The van der Waals surface area contributed by atoms with Gasteiger partial charge in [-0.2, -0.15) is 4.98 Å². The topological polar surface area (TPSA) is 68.9 Å². The third kappa shape index (κ3) is 4.99. The summed E-state index contributed by atoms with van der Waals surface area (Å²) >= 11 is 3.58. The van der Waals surface area contributed by atoms with Crippen LogP contribution in [-0.2, 0) is 6.54 Å². The van der Waals surface area contributed by atoms with E-state index in [4.69, 9.17) is 9.97 Å². The molecule has 1 aliphatic carbocycles. The highest BCUT2D eigenvalue weighted by Crippen LogP contribution is 2.28. The summed E-state index contributed by atoms with van der Waals surface area (Å²) in [5.41, 5.74) is 3.50. The zero-order valence-corrected chi connectivity index (χ0v) is 20.8. The highest BCUT2D eigenvalue weighted by atomic mass is 79.9. The summed E-state index contributed by atoms with van der Waals surface area (Å²) < 4.78 is 1.12. The molecule has 4 aromatic rings. The highest BCUT2D eigenvalue weighted by Gasteiger charge is 2.22. The van der Waals surface area contributed by atoms with Crippen LogP contribution in [0.1, 0.15) is 31.2 Å². The van der Waals surface area contributed by atoms with Crippen LogP contribution in [0.25, 0.3) is 21.8 Å². The number of halogens is 1. The molecule has 0 saturated heterocycles. The van der Waals surface area contributed by atoms with Crippen molar-refractivity contribution in [1.29, 1.82) is 0 Å². The third-order valence-electron chi connectivity index (χ3n) is 6.66. The Hall–Kier alpha value is -2.64. The van der Waals surface area contributed by atoms with Crippen LogP contribution >= 0.6 is 15.9 Å². The van der Waals surface area contributed by atoms with Crippen LogP contribution < -0.4 is 15.5 Å². The molecule has 1 fully saturated rings. The summed E-state index contributed by atoms with van der Waals surface area (Å²) in [6.07, 6.45) is 6.87. The summed E-state index contributed by atoms with van der Waals surface area (Å²) in [5, 5.41) is 9.68. The summed E-state index contributed by atoms with van der Waals surface area (Å²) in [6.45, 7) is 1.96. The first kappa shape index (κ1) is 22.2. The van der Waals surface area contributed by atoms with Gasteiger partial charge in [-0.1, -0.05) is 28.1 Å². The standard InChI is InChI=1S/C26H31BrN6/c1-33(2)25-21-5-3-4-6-24(21)31-26(32-25)30-20-10-7-17(8-11-20)14-28-15-18-16-29-23-12-9-19(27)13-22(18)23/h3-6,9,12-13,16-17,20,28-29H,7-8,10-11,14-15H2,1-2H3,(H,30,31,32)/t17-,20+. The largest absolute Gasteiger partial charge is 0.362 e. The number of benzene rings is 2. The minimum atomic E-state index is 0.434. The summed E-state index contributed by atoms with van der Waals surface area (Å²) in [7, 11) is 4.07. The Morgan fingerprint density at radius 2 is 1.85 bits per heavy atom. The van der Waals surface area contributed by atoms with Gasteiger partial charge in [0.15, 0.2) is 0 Å². The molecule has 33 heavy (non-hydrogen) atoms. The number of rotatable bonds is 7. The minimum absolute atomic E-state index is 0.434. The van der Waals surface area contributed by atoms with Gasteiger partial charge in [0, 0.05) is 53.6 Å². The van der Waals surface area contributed by atoms with Crippen molar-refractivity contribution in [3.63, 3.8) is 0 Å². The smallest absolute Gasteiger partial charge is 0.225 e. The zero-order chi connectivity index (χ0) is 22.8. The number of nitrogens with zero attached hydrogens (tertiary/aromatic N) is 3. The van der Waals surface area contributed by atoms with Crippen molar-refractivity contribution < 1.29 is 0 Å². The van der Waals surface area contributed by atoms with E-state index in [-0.39, 0.29) is 0 Å². The lowest BCUT2D eigenvalue weighted by atomic mass is 9.86. The number of H-pyrrole nitrogens is 1. The summed E-state index contributed by atoms with van der Waals surface area (Å²) in [4.78, 5) is 15.0. The Kier molecular flexibility index (Phi) is 6.51. The molecule has 2 aromatic carbocycles. The number of hydrogen-bond acceptors (Lipinski definition) is 5. The second kappa shape index (κ2) is 9.69. The molecule has 1 saturated carbocycles. The monoisotopic (exact) mass is 506 g/mol. The van der Waals surface area contributed by atoms with Crippen molar-refractivity contribution in [1.82, 2.24) is 20.3 Å². The molecule has 0 bridgehead atoms. The Morgan fingerprint density at radius 3 is 2.67 bits per heavy atom. The first-order chi connectivity index (χ1) is 16.1. The molecule has 6 nitrogen and oxygen atoms in total. The molecule has 7 heteroatoms. The van der Waals surface area contributed by atoms with Crippen LogP contribution in [0.2, 0.25) is 0 Å². The molecule has 0 aliphatic heterocycles. The van der Waals surface area contributed by atoms with Crippen molar-refractivity contribution in [2.45, 2.75) is 38.3 Å². The quantitative estimate of drug-likeness (QED) is 0.300. The molecular weight excluding hydrogens is 476 g/mol. The summed E-state index contributed by atoms with van der Waals surface area (Å²) in [6, 6.07) is 15.0. The van der Waals surface area contributed by atoms with E-state index in [9.17, 15) is 0 Å². The van der Waals surface area contributed by atoms with Gasteiger partial charge in [-0.05, 0) is 74.0 Å². The fourth-order valence-electron chi connectivity index (χ4n) is 4.87. The van der Waals surface area contributed by atoms with E-state index in [0.29, 0.717) is 6.04 Å². The lowest BCUT2D eigenvalue weighted by Gasteiger charge is -2.29. The van der Waals surface area contributed by atoms with Crippen LogP contribution in [0.3, 0.4) is 0 Å². The van der Waals surface area contributed by atoms with Gasteiger partial charge in [0.05, 0.1) is 5.52 Å². The van der Waals surface area contributed by atoms with Crippen molar-refractivity contribution in [2.24, 2.45) is 5.92 Å². The first-order valence-corrected chi connectivity index (χ1v) is 12.5. The molecule has 0 unspecified atom stereocenters. The van der Waals surface area contributed by atoms with E-state index in [2.05, 4.69) is 73.0 Å². The molecule has 3 N–H and O–H groups in total. The van der Waals surface area contributed by atoms with Crippen LogP contribution in [0.5, 0.6) is 0 Å². The Labute approximate surface area is 203 Å². The molecule has 1 aliphatic rings. The molecule has 0 spiro atoms. The lowest BCUT2D eigenvalue weighted by molar-refractivity contribution is 0.324. The normalized spacial score (nSPS) is 18.6. The molecule has 172 valence electrons. The van der Waals surface area contributed by atoms with Crippen LogP contribution in [0.4, 0.5) is 11.8 Å². The predicted molar refractivity (Wildman–Crippen MR) is 141 cm³/mol. The molecule has 0 atom stereocenters. The Balaban J connectivity index is 1.14. The van der Waals surface area contributed by atoms with Crippen molar-refractivity contribution in [3.05, 3.63) is 58.7 Å². The Morgan fingerprint density at radius 1 is 1.03 bits per heavy atom. The second-order valence-corrected chi connectivity index (χ2v) is 10.2. The average molecular weight is 507 g/mol. The number of aromatic amines is 1. The zero-order valence-electron chi connectivity index (χ0n) is 19.2. The van der Waals surface area contributed by atoms with Crippen molar-refractivity contribution in [3.8, 4) is 0 Å². The van der Waals surface area contributed by atoms with Crippen LogP contribution in [0, 0.1) is 5.92 Å². The maximum absolute atomic E-state index is 4.81. The molecular formula is C26H31BrN6. The number of hydrogen-bond donors (Lipinski definition) is 3. The maximum atomic E-state index is 4.81. The van der Waals surface area contributed by atoms with Crippen molar-refractivity contribution >= 4 is 49.5 Å². The van der Waals surface area contributed by atoms with Gasteiger partial charge in [0.2, 0.25) is 5.95 Å². The van der Waals surface area contributed by atoms with Crippen LogP contribution in [0.15, 0.2) is 53.1 Å². The van der Waals surface area contributed by atoms with Crippen LogP contribution in [-0.4, -0.2) is 41.6 Å². The number of aromatic nitrogens is 3. The van der Waals surface area contributed by atoms with E-state index in [1.807, 2.05) is 26.2 Å². The SMILES string of the molecule is CN(C)c1nc(N[C@H]2CC[C@@H](CNCc3c[nH]c4ccc(Br)cc34)CC2)nc2ccccc12. The van der Waals surface area contributed by atoms with Gasteiger partial charge in [0.25, 0.3) is 0 Å². The van der Waals surface area contributed by atoms with E-state index in [1.54, 1.807) is 0 Å². The van der Waals surface area contributed by atoms with E-state index in [1.165, 1.54) is 29.3 Å². The number of para-hydroxylation sites is 1. The molecule has 0 amide bonds. The number of anilines is 2. The second-order valence-electron chi connectivity index (χ2n) is 9.28. The lowest BCUT2D eigenvalue weighted by Crippen LogP contribution is -2.31. The third-order valence-corrected chi connectivity index (χ3v) is 7.16. The molecule has 2 aromatic heterocycles. The van der Waals surface area contributed by atoms with E-state index < -0.39 is 0 Å². The highest BCUT2D eigenvalue weighted by molar-refractivity contribution is 9.10. The van der Waals surface area contributed by atoms with Gasteiger partial charge in [-0.3, -0.25) is 0 Å². The molecule has 0 radical (unpaired) electrons. The minimum Gasteiger partial charge on any atom is -0.362 e. The van der Waals surface area contributed by atoms with Gasteiger partial charge in [-0.25, -0.2) is 4.98 Å². The van der Waals surface area contributed by atoms with Gasteiger partial charge >= 0.3 is 0 Å². The molecule has 5 rings (SSSR count). The van der Waals surface area contributed by atoms with E-state index in [0.717, 1.165) is 59.0 Å². The Bertz CT molecular complexity index is 1240. The van der Waals surface area contributed by atoms with E-state index >= 15 is 0 Å². The summed E-state index contributed by atoms with van der Waals surface area (Å²) in [5.74, 6) is 2.42. The fourth-order valence-corrected chi connectivity index (χ4v) is 5.23. The van der Waals surface area contributed by atoms with Gasteiger partial charge in [-0.15, -0.1) is 0 Å². The first-order valence-electron chi connectivity index (χ1n) is 11.7. The average Bonchev–Trinajstić information content (AvgIpc) is 3.21. The van der Waals surface area contributed by atoms with Gasteiger partial charge in [0.1, 0.15) is 5.82 Å². The van der Waals surface area contributed by atoms with Gasteiger partial charge < -0.3 is 20.5 Å². The maximum Gasteiger partial charge on any atom is 0.225 e. The number of fused-ring (bicyclic) bond motifs is 2. The number of nitrogens with one attached hydrogen (secondary N) is 3.